The number of aromatic nitrogens is 4. The summed E-state index contributed by atoms with van der Waals surface area (Å²) >= 11 is 0. The third kappa shape index (κ3) is 3.16. The first-order chi connectivity index (χ1) is 12.7. The van der Waals surface area contributed by atoms with E-state index >= 15 is 0 Å². The highest BCUT2D eigenvalue weighted by Gasteiger charge is 2.18. The minimum Gasteiger partial charge on any atom is -0.444 e. The number of oxazole rings is 1. The van der Waals surface area contributed by atoms with Crippen LogP contribution in [-0.2, 0) is 13.0 Å². The van der Waals surface area contributed by atoms with E-state index in [1.165, 1.54) is 12.0 Å². The Morgan fingerprint density at radius 3 is 2.85 bits per heavy atom. The Morgan fingerprint density at radius 2 is 2.04 bits per heavy atom. The predicted molar refractivity (Wildman–Crippen MR) is 97.7 cm³/mol. The number of nitrogens with zero attached hydrogens (tertiary/aromatic N) is 5. The maximum atomic E-state index is 9.63. The van der Waals surface area contributed by atoms with Crippen LogP contribution in [0, 0.1) is 18.3 Å². The van der Waals surface area contributed by atoms with Crippen molar-refractivity contribution in [3.8, 4) is 17.5 Å². The van der Waals surface area contributed by atoms with Gasteiger partial charge in [0, 0.05) is 18.5 Å². The van der Waals surface area contributed by atoms with E-state index in [-0.39, 0.29) is 0 Å². The van der Waals surface area contributed by atoms with Gasteiger partial charge in [-0.25, -0.2) is 4.98 Å². The second-order valence-electron chi connectivity index (χ2n) is 6.52. The molecule has 2 aromatic heterocycles. The molecule has 0 aliphatic carbocycles. The molecule has 0 unspecified atom stereocenters. The van der Waals surface area contributed by atoms with Gasteiger partial charge in [0.05, 0.1) is 5.57 Å². The van der Waals surface area contributed by atoms with Gasteiger partial charge in [-0.2, -0.15) is 5.26 Å². The van der Waals surface area contributed by atoms with Gasteiger partial charge in [-0.15, -0.1) is 10.2 Å². The lowest BCUT2D eigenvalue weighted by Crippen LogP contribution is -2.05. The van der Waals surface area contributed by atoms with E-state index in [1.54, 1.807) is 12.3 Å². The molecule has 0 fully saturated rings. The zero-order chi connectivity index (χ0) is 17.9. The van der Waals surface area contributed by atoms with Crippen LogP contribution in [0.2, 0.25) is 0 Å². The van der Waals surface area contributed by atoms with E-state index in [4.69, 9.17) is 4.42 Å². The highest BCUT2D eigenvalue weighted by molar-refractivity contribution is 5.86. The van der Waals surface area contributed by atoms with Crippen LogP contribution in [-0.4, -0.2) is 19.7 Å². The van der Waals surface area contributed by atoms with Crippen molar-refractivity contribution in [2.75, 3.05) is 0 Å². The smallest absolute Gasteiger partial charge is 0.226 e. The van der Waals surface area contributed by atoms with Crippen molar-refractivity contribution in [3.05, 3.63) is 53.4 Å². The van der Waals surface area contributed by atoms with E-state index in [2.05, 4.69) is 25.8 Å². The number of hydrogen-bond donors (Lipinski definition) is 0. The summed E-state index contributed by atoms with van der Waals surface area (Å²) in [6.45, 7) is 2.89. The van der Waals surface area contributed by atoms with Crippen molar-refractivity contribution in [3.63, 3.8) is 0 Å². The van der Waals surface area contributed by atoms with E-state index in [1.807, 2.05) is 31.2 Å². The molecule has 0 N–H and O–H groups in total. The van der Waals surface area contributed by atoms with Crippen LogP contribution in [0.25, 0.3) is 23.1 Å². The van der Waals surface area contributed by atoms with Crippen molar-refractivity contribution in [1.29, 1.82) is 5.26 Å². The van der Waals surface area contributed by atoms with E-state index < -0.39 is 0 Å². The molecule has 4 rings (SSSR count). The Hall–Kier alpha value is -3.20. The first-order valence-electron chi connectivity index (χ1n) is 8.81. The summed E-state index contributed by atoms with van der Waals surface area (Å²) in [5, 5.41) is 18.1. The van der Waals surface area contributed by atoms with Crippen molar-refractivity contribution in [1.82, 2.24) is 19.7 Å². The molecule has 3 heterocycles. The van der Waals surface area contributed by atoms with Crippen LogP contribution in [0.15, 0.2) is 34.9 Å². The molecule has 0 saturated carbocycles. The molecule has 0 bridgehead atoms. The molecule has 6 heteroatoms. The van der Waals surface area contributed by atoms with E-state index in [9.17, 15) is 5.26 Å². The van der Waals surface area contributed by atoms with Crippen LogP contribution < -0.4 is 0 Å². The maximum Gasteiger partial charge on any atom is 0.226 e. The Labute approximate surface area is 151 Å². The lowest BCUT2D eigenvalue weighted by molar-refractivity contribution is 0.574. The molecular weight excluding hydrogens is 326 g/mol. The topological polar surface area (TPSA) is 80.5 Å². The monoisotopic (exact) mass is 345 g/mol. The summed E-state index contributed by atoms with van der Waals surface area (Å²) in [4.78, 5) is 4.49. The molecule has 0 spiro atoms. The van der Waals surface area contributed by atoms with E-state index in [0.717, 1.165) is 37.2 Å². The van der Waals surface area contributed by atoms with Crippen LogP contribution in [0.4, 0.5) is 0 Å². The summed E-state index contributed by atoms with van der Waals surface area (Å²) in [6, 6.07) is 10.2. The Morgan fingerprint density at radius 1 is 1.19 bits per heavy atom. The quantitative estimate of drug-likeness (QED) is 0.669. The minimum atomic E-state index is 0.453. The predicted octanol–water partition coefficient (Wildman–Crippen LogP) is 4.03. The average molecular weight is 345 g/mol. The van der Waals surface area contributed by atoms with Crippen molar-refractivity contribution in [2.45, 2.75) is 39.2 Å². The summed E-state index contributed by atoms with van der Waals surface area (Å²) in [6.07, 6.45) is 7.56. The SMILES string of the molecule is Cc1ccc(-c2nc(C=C(C#N)c3nnc4n3CCCCC4)co2)cc1. The van der Waals surface area contributed by atoms with Crippen molar-refractivity contribution >= 4 is 11.6 Å². The molecule has 3 aromatic rings. The third-order valence-corrected chi connectivity index (χ3v) is 4.58. The molecule has 130 valence electrons. The van der Waals surface area contributed by atoms with Crippen LogP contribution in [0.5, 0.6) is 0 Å². The van der Waals surface area contributed by atoms with Gasteiger partial charge in [-0.05, 0) is 38.0 Å². The first kappa shape index (κ1) is 16.3. The lowest BCUT2D eigenvalue weighted by atomic mass is 10.1. The number of hydrogen-bond acceptors (Lipinski definition) is 5. The highest BCUT2D eigenvalue weighted by atomic mass is 16.3. The minimum absolute atomic E-state index is 0.453. The summed E-state index contributed by atoms with van der Waals surface area (Å²) < 4.78 is 7.64. The Bertz CT molecular complexity index is 988. The number of benzene rings is 1. The van der Waals surface area contributed by atoms with Crippen LogP contribution >= 0.6 is 0 Å². The first-order valence-corrected chi connectivity index (χ1v) is 8.81. The standard InChI is InChI=1S/C20H19N5O/c1-14-6-8-15(9-7-14)20-22-17(13-26-20)11-16(12-21)19-24-23-18-5-3-2-4-10-25(18)19/h6-9,11,13H,2-5,10H2,1H3. The molecule has 0 atom stereocenters. The van der Waals surface area contributed by atoms with Crippen LogP contribution in [0.3, 0.4) is 0 Å². The molecule has 0 saturated heterocycles. The van der Waals surface area contributed by atoms with E-state index in [0.29, 0.717) is 23.0 Å². The molecule has 0 amide bonds. The second kappa shape index (κ2) is 6.96. The van der Waals surface area contributed by atoms with Crippen molar-refractivity contribution < 1.29 is 4.42 Å². The van der Waals surface area contributed by atoms with Gasteiger partial charge in [0.2, 0.25) is 5.89 Å². The van der Waals surface area contributed by atoms with Gasteiger partial charge in [0.15, 0.2) is 5.82 Å². The number of aryl methyl sites for hydroxylation is 2. The Kier molecular flexibility index (Phi) is 4.36. The number of fused-ring (bicyclic) bond motifs is 1. The molecule has 6 nitrogen and oxygen atoms in total. The fourth-order valence-corrected chi connectivity index (χ4v) is 3.16. The molecular formula is C20H19N5O. The number of rotatable bonds is 3. The van der Waals surface area contributed by atoms with Gasteiger partial charge in [0.1, 0.15) is 23.9 Å². The van der Waals surface area contributed by atoms with Gasteiger partial charge < -0.3 is 8.98 Å². The third-order valence-electron chi connectivity index (χ3n) is 4.58. The lowest BCUT2D eigenvalue weighted by Gasteiger charge is -2.05. The van der Waals surface area contributed by atoms with Crippen LogP contribution in [0.1, 0.15) is 42.2 Å². The summed E-state index contributed by atoms with van der Waals surface area (Å²) in [5.41, 5.74) is 3.14. The average Bonchev–Trinajstić information content (AvgIpc) is 3.21. The van der Waals surface area contributed by atoms with Gasteiger partial charge in [0.25, 0.3) is 0 Å². The fraction of sp³-hybridized carbons (Fsp3) is 0.300. The normalized spacial score (nSPS) is 14.5. The Balaban J connectivity index is 1.66. The zero-order valence-electron chi connectivity index (χ0n) is 14.6. The molecule has 26 heavy (non-hydrogen) atoms. The molecule has 1 aliphatic heterocycles. The maximum absolute atomic E-state index is 9.63. The van der Waals surface area contributed by atoms with Gasteiger partial charge in [-0.1, -0.05) is 24.1 Å². The molecule has 1 aromatic carbocycles. The highest BCUT2D eigenvalue weighted by Crippen LogP contribution is 2.23. The zero-order valence-corrected chi connectivity index (χ0v) is 14.6. The molecule has 1 aliphatic rings. The fourth-order valence-electron chi connectivity index (χ4n) is 3.16. The largest absolute Gasteiger partial charge is 0.444 e. The number of allylic oxidation sites excluding steroid dienone is 1. The second-order valence-corrected chi connectivity index (χ2v) is 6.52. The van der Waals surface area contributed by atoms with Gasteiger partial charge in [-0.3, -0.25) is 0 Å². The summed E-state index contributed by atoms with van der Waals surface area (Å²) in [7, 11) is 0. The molecule has 0 radical (unpaired) electrons. The van der Waals surface area contributed by atoms with Gasteiger partial charge >= 0.3 is 0 Å². The van der Waals surface area contributed by atoms with Crippen molar-refractivity contribution in [2.24, 2.45) is 0 Å². The summed E-state index contributed by atoms with van der Waals surface area (Å²) in [5.74, 6) is 2.11. The number of nitriles is 1.